The third-order valence-corrected chi connectivity index (χ3v) is 13.9. The number of nitrogens with one attached hydrogen (secondary N) is 2. The summed E-state index contributed by atoms with van der Waals surface area (Å²) in [5, 5.41) is 15.1. The standard InChI is InChI=1S/C41H49F2N5O5S/c1-2-38(49)44-32-9-4-10-35(24-32)54(52,53)34-15-13-33(14-16-34)48-26-40(43,27-48)25-47-21-17-29(18-22-47)41(28-46-19-6-20-46,30-7-3-8-31(42)23-30)36-11-5-12-37(36)45-39(50)51/h2-4,7-10,13-16,23-24,29,36-37,45H,1,5-6,11-12,17-22,25-28H2,(H,44,49)(H,50,51)/t36-,37-,41-/m0/s1. The van der Waals surface area contributed by atoms with Crippen LogP contribution in [0.1, 0.15) is 44.1 Å². The summed E-state index contributed by atoms with van der Waals surface area (Å²) in [7, 11) is -3.86. The number of alkyl halides is 1. The molecule has 54 heavy (non-hydrogen) atoms. The predicted octanol–water partition coefficient (Wildman–Crippen LogP) is 6.10. The molecule has 2 amide bonds. The monoisotopic (exact) mass is 761 g/mol. The second-order valence-corrected chi connectivity index (χ2v) is 17.5. The molecule has 10 nitrogen and oxygen atoms in total. The molecule has 7 rings (SSSR count). The molecule has 4 aliphatic rings. The lowest BCUT2D eigenvalue weighted by atomic mass is 9.57. The number of benzene rings is 3. The van der Waals surface area contributed by atoms with Crippen LogP contribution in [0.4, 0.5) is 25.0 Å². The lowest BCUT2D eigenvalue weighted by Gasteiger charge is -2.54. The van der Waals surface area contributed by atoms with Crippen LogP contribution >= 0.6 is 0 Å². The third kappa shape index (κ3) is 7.76. The molecular formula is C41H49F2N5O5S. The van der Waals surface area contributed by atoms with Crippen molar-refractivity contribution in [2.24, 2.45) is 11.8 Å². The summed E-state index contributed by atoms with van der Waals surface area (Å²) in [4.78, 5) is 30.3. The zero-order valence-electron chi connectivity index (χ0n) is 30.4. The van der Waals surface area contributed by atoms with Gasteiger partial charge in [0.05, 0.1) is 22.9 Å². The fraction of sp³-hybridized carbons (Fsp3) is 0.463. The van der Waals surface area contributed by atoms with Gasteiger partial charge >= 0.3 is 6.09 Å². The van der Waals surface area contributed by atoms with Gasteiger partial charge in [-0.15, -0.1) is 0 Å². The van der Waals surface area contributed by atoms with Crippen molar-refractivity contribution in [2.45, 2.75) is 65.4 Å². The highest BCUT2D eigenvalue weighted by Crippen LogP contribution is 2.51. The number of likely N-dealkylation sites (tertiary alicyclic amines) is 2. The molecule has 3 atom stereocenters. The van der Waals surface area contributed by atoms with E-state index < -0.39 is 32.9 Å². The molecule has 4 fully saturated rings. The highest BCUT2D eigenvalue weighted by molar-refractivity contribution is 7.91. The Bertz CT molecular complexity index is 1960. The summed E-state index contributed by atoms with van der Waals surface area (Å²) < 4.78 is 57.9. The van der Waals surface area contributed by atoms with Crippen LogP contribution in [0.25, 0.3) is 0 Å². The van der Waals surface area contributed by atoms with Crippen LogP contribution in [0.2, 0.25) is 0 Å². The van der Waals surface area contributed by atoms with Crippen molar-refractivity contribution in [1.29, 1.82) is 0 Å². The van der Waals surface area contributed by atoms with Gasteiger partial charge in [-0.05, 0) is 136 Å². The van der Waals surface area contributed by atoms with E-state index in [0.29, 0.717) is 18.8 Å². The first kappa shape index (κ1) is 38.0. The number of carbonyl (C=O) groups excluding carboxylic acids is 1. The summed E-state index contributed by atoms with van der Waals surface area (Å²) in [6.45, 7) is 8.19. The Hall–Kier alpha value is -4.33. The normalized spacial score (nSPS) is 23.1. The van der Waals surface area contributed by atoms with Gasteiger partial charge in [0, 0.05) is 35.9 Å². The molecule has 3 heterocycles. The lowest BCUT2D eigenvalue weighted by molar-refractivity contribution is -0.111. The largest absolute Gasteiger partial charge is 0.465 e. The molecule has 288 valence electrons. The molecule has 1 aliphatic carbocycles. The van der Waals surface area contributed by atoms with E-state index in [1.165, 1.54) is 30.3 Å². The van der Waals surface area contributed by atoms with Gasteiger partial charge in [0.15, 0.2) is 5.67 Å². The highest BCUT2D eigenvalue weighted by Gasteiger charge is 2.53. The lowest BCUT2D eigenvalue weighted by Crippen LogP contribution is -2.65. The highest BCUT2D eigenvalue weighted by atomic mass is 32.2. The minimum Gasteiger partial charge on any atom is -0.465 e. The van der Waals surface area contributed by atoms with E-state index >= 15 is 4.39 Å². The molecule has 3 aromatic rings. The number of amides is 2. The second kappa shape index (κ2) is 15.4. The molecule has 0 spiro atoms. The van der Waals surface area contributed by atoms with E-state index in [-0.39, 0.29) is 53.1 Å². The van der Waals surface area contributed by atoms with E-state index in [4.69, 9.17) is 0 Å². The minimum atomic E-state index is -3.86. The SMILES string of the molecule is C=CC(=O)Nc1cccc(S(=O)(=O)c2ccc(N3CC(F)(CN4CCC([C@@](CN5CCC5)(c5cccc(F)c5)[C@H]5CCC[C@@H]5NC(=O)O)CC4)C3)cc2)c1. The van der Waals surface area contributed by atoms with Gasteiger partial charge < -0.3 is 25.5 Å². The minimum absolute atomic E-state index is 0.0248. The Morgan fingerprint density at radius 3 is 2.28 bits per heavy atom. The molecule has 3 aromatic carbocycles. The molecule has 0 radical (unpaired) electrons. The molecule has 0 unspecified atom stereocenters. The summed E-state index contributed by atoms with van der Waals surface area (Å²) >= 11 is 0. The zero-order valence-corrected chi connectivity index (χ0v) is 31.2. The third-order valence-electron chi connectivity index (χ3n) is 12.2. The van der Waals surface area contributed by atoms with Gasteiger partial charge in [-0.1, -0.05) is 31.2 Å². The van der Waals surface area contributed by atoms with Crippen LogP contribution in [0.3, 0.4) is 0 Å². The summed E-state index contributed by atoms with van der Waals surface area (Å²) in [6, 6.07) is 19.2. The van der Waals surface area contributed by atoms with Crippen LogP contribution in [-0.2, 0) is 20.0 Å². The summed E-state index contributed by atoms with van der Waals surface area (Å²) in [5.41, 5.74) is 0.156. The van der Waals surface area contributed by atoms with Crippen molar-refractivity contribution >= 4 is 33.2 Å². The van der Waals surface area contributed by atoms with Crippen LogP contribution in [0.5, 0.6) is 0 Å². The number of sulfone groups is 1. The van der Waals surface area contributed by atoms with Gasteiger partial charge in [-0.25, -0.2) is 22.0 Å². The predicted molar refractivity (Wildman–Crippen MR) is 204 cm³/mol. The molecule has 0 bridgehead atoms. The topological polar surface area (TPSA) is 122 Å². The number of halogens is 2. The fourth-order valence-electron chi connectivity index (χ4n) is 9.52. The van der Waals surface area contributed by atoms with Crippen LogP contribution in [0.15, 0.2) is 95.2 Å². The number of piperidine rings is 1. The van der Waals surface area contributed by atoms with Crippen LogP contribution in [0, 0.1) is 17.7 Å². The van der Waals surface area contributed by atoms with Crippen molar-refractivity contribution in [2.75, 3.05) is 62.6 Å². The molecule has 3 N–H and O–H groups in total. The molecular weight excluding hydrogens is 713 g/mol. The Balaban J connectivity index is 1.01. The number of rotatable bonds is 13. The number of nitrogens with zero attached hydrogens (tertiary/aromatic N) is 3. The number of hydrogen-bond acceptors (Lipinski definition) is 7. The number of anilines is 2. The molecule has 13 heteroatoms. The maximum absolute atomic E-state index is 16.2. The Labute approximate surface area is 316 Å². The van der Waals surface area contributed by atoms with E-state index in [1.54, 1.807) is 36.4 Å². The van der Waals surface area contributed by atoms with Crippen LogP contribution in [-0.4, -0.2) is 99.4 Å². The molecule has 1 saturated carbocycles. The first-order valence-electron chi connectivity index (χ1n) is 18.9. The summed E-state index contributed by atoms with van der Waals surface area (Å²) in [5.74, 6) is -0.530. The first-order valence-corrected chi connectivity index (χ1v) is 20.4. The Kier molecular flexibility index (Phi) is 10.8. The van der Waals surface area contributed by atoms with Crippen molar-refractivity contribution in [3.05, 3.63) is 96.8 Å². The summed E-state index contributed by atoms with van der Waals surface area (Å²) in [6.07, 6.45) is 5.35. The van der Waals surface area contributed by atoms with Crippen molar-refractivity contribution in [1.82, 2.24) is 15.1 Å². The van der Waals surface area contributed by atoms with Gasteiger partial charge in [-0.2, -0.15) is 0 Å². The average Bonchev–Trinajstić information content (AvgIpc) is 3.58. The van der Waals surface area contributed by atoms with E-state index in [0.717, 1.165) is 75.5 Å². The number of carboxylic acid groups (broad SMARTS) is 1. The van der Waals surface area contributed by atoms with Gasteiger partial charge in [0.1, 0.15) is 5.82 Å². The van der Waals surface area contributed by atoms with Crippen molar-refractivity contribution in [3.8, 4) is 0 Å². The van der Waals surface area contributed by atoms with Crippen molar-refractivity contribution < 1.29 is 31.9 Å². The number of hydrogen-bond donors (Lipinski definition) is 3. The van der Waals surface area contributed by atoms with E-state index in [1.807, 2.05) is 11.0 Å². The fourth-order valence-corrected chi connectivity index (χ4v) is 10.8. The van der Waals surface area contributed by atoms with E-state index in [9.17, 15) is 27.5 Å². The van der Waals surface area contributed by atoms with Gasteiger partial charge in [-0.3, -0.25) is 9.69 Å². The quantitative estimate of drug-likeness (QED) is 0.179. The maximum atomic E-state index is 16.2. The van der Waals surface area contributed by atoms with Gasteiger partial charge in [0.25, 0.3) is 0 Å². The zero-order chi connectivity index (χ0) is 38.1. The molecule has 3 aliphatic heterocycles. The average molecular weight is 762 g/mol. The molecule has 0 aromatic heterocycles. The number of carbonyl (C=O) groups is 2. The van der Waals surface area contributed by atoms with E-state index in [2.05, 4.69) is 27.0 Å². The first-order chi connectivity index (χ1) is 25.9. The maximum Gasteiger partial charge on any atom is 0.404 e. The smallest absolute Gasteiger partial charge is 0.404 e. The Morgan fingerprint density at radius 1 is 0.907 bits per heavy atom. The van der Waals surface area contributed by atoms with Crippen molar-refractivity contribution in [3.63, 3.8) is 0 Å². The van der Waals surface area contributed by atoms with Crippen LogP contribution < -0.4 is 15.5 Å². The second-order valence-electron chi connectivity index (χ2n) is 15.5. The molecule has 3 saturated heterocycles. The Morgan fingerprint density at radius 2 is 1.63 bits per heavy atom. The van der Waals surface area contributed by atoms with Gasteiger partial charge in [0.2, 0.25) is 15.7 Å².